The second-order valence-corrected chi connectivity index (χ2v) is 2.05. The third kappa shape index (κ3) is 2.30. The van der Waals surface area contributed by atoms with Crippen LogP contribution in [0, 0.1) is 11.9 Å². The molecule has 0 saturated heterocycles. The molecule has 0 unspecified atom stereocenters. The molecule has 0 bridgehead atoms. The quantitative estimate of drug-likeness (QED) is 0.512. The SMILES string of the molecule is C=CCOc1cc(F)nc(F)c1. The molecule has 1 heterocycles. The fraction of sp³-hybridized carbons (Fsp3) is 0.125. The summed E-state index contributed by atoms with van der Waals surface area (Å²) in [5.41, 5.74) is 0. The van der Waals surface area contributed by atoms with E-state index in [0.717, 1.165) is 12.1 Å². The highest BCUT2D eigenvalue weighted by Gasteiger charge is 2.01. The molecule has 1 aromatic heterocycles. The van der Waals surface area contributed by atoms with Crippen LogP contribution in [0.1, 0.15) is 0 Å². The first-order valence-corrected chi connectivity index (χ1v) is 3.29. The van der Waals surface area contributed by atoms with Gasteiger partial charge in [0.25, 0.3) is 0 Å². The van der Waals surface area contributed by atoms with E-state index in [4.69, 9.17) is 4.74 Å². The number of nitrogens with zero attached hydrogens (tertiary/aromatic N) is 1. The molecular weight excluding hydrogens is 164 g/mol. The summed E-state index contributed by atoms with van der Waals surface area (Å²) in [4.78, 5) is 2.90. The lowest BCUT2D eigenvalue weighted by Crippen LogP contribution is -1.96. The molecule has 0 fully saturated rings. The van der Waals surface area contributed by atoms with E-state index in [0.29, 0.717) is 0 Å². The minimum atomic E-state index is -0.894. The van der Waals surface area contributed by atoms with Crippen LogP contribution in [0.4, 0.5) is 8.78 Å². The van der Waals surface area contributed by atoms with Crippen molar-refractivity contribution in [2.45, 2.75) is 0 Å². The fourth-order valence-electron chi connectivity index (χ4n) is 0.682. The first-order chi connectivity index (χ1) is 5.72. The number of rotatable bonds is 3. The molecule has 0 aromatic carbocycles. The fourth-order valence-corrected chi connectivity index (χ4v) is 0.682. The Kier molecular flexibility index (Phi) is 2.74. The van der Waals surface area contributed by atoms with Gasteiger partial charge >= 0.3 is 0 Å². The molecule has 64 valence electrons. The van der Waals surface area contributed by atoms with Gasteiger partial charge in [0, 0.05) is 12.1 Å². The van der Waals surface area contributed by atoms with Crippen LogP contribution < -0.4 is 4.74 Å². The molecule has 4 heteroatoms. The van der Waals surface area contributed by atoms with Crippen LogP contribution in [0.3, 0.4) is 0 Å². The summed E-state index contributed by atoms with van der Waals surface area (Å²) in [6.07, 6.45) is 1.48. The van der Waals surface area contributed by atoms with Gasteiger partial charge in [0.2, 0.25) is 11.9 Å². The molecule has 0 aliphatic heterocycles. The Bertz CT molecular complexity index is 268. The maximum Gasteiger partial charge on any atom is 0.219 e. The molecule has 0 radical (unpaired) electrons. The maximum atomic E-state index is 12.4. The largest absolute Gasteiger partial charge is 0.489 e. The van der Waals surface area contributed by atoms with E-state index in [2.05, 4.69) is 11.6 Å². The summed E-state index contributed by atoms with van der Waals surface area (Å²) >= 11 is 0. The highest BCUT2D eigenvalue weighted by Crippen LogP contribution is 2.12. The van der Waals surface area contributed by atoms with Gasteiger partial charge in [-0.2, -0.15) is 13.8 Å². The highest BCUT2D eigenvalue weighted by molar-refractivity contribution is 5.19. The minimum Gasteiger partial charge on any atom is -0.489 e. The minimum absolute atomic E-state index is 0.111. The van der Waals surface area contributed by atoms with E-state index < -0.39 is 11.9 Å². The molecule has 0 aliphatic rings. The average Bonchev–Trinajstić information content (AvgIpc) is 1.99. The third-order valence-corrected chi connectivity index (χ3v) is 1.10. The Morgan fingerprint density at radius 2 is 2.00 bits per heavy atom. The van der Waals surface area contributed by atoms with Gasteiger partial charge in [-0.1, -0.05) is 12.7 Å². The first-order valence-electron chi connectivity index (χ1n) is 3.29. The van der Waals surface area contributed by atoms with Gasteiger partial charge in [0.05, 0.1) is 0 Å². The first kappa shape index (κ1) is 8.64. The zero-order valence-corrected chi connectivity index (χ0v) is 6.26. The predicted molar refractivity (Wildman–Crippen MR) is 39.8 cm³/mol. The Labute approximate surface area is 68.5 Å². The molecule has 2 nitrogen and oxygen atoms in total. The molecule has 0 aliphatic carbocycles. The van der Waals surface area contributed by atoms with Gasteiger partial charge in [-0.25, -0.2) is 0 Å². The van der Waals surface area contributed by atoms with Crippen molar-refractivity contribution in [2.24, 2.45) is 0 Å². The van der Waals surface area contributed by atoms with Crippen LogP contribution >= 0.6 is 0 Å². The molecular formula is C8H7F2NO. The highest BCUT2D eigenvalue weighted by atomic mass is 19.1. The maximum absolute atomic E-state index is 12.4. The lowest BCUT2D eigenvalue weighted by Gasteiger charge is -2.01. The van der Waals surface area contributed by atoms with Crippen molar-refractivity contribution in [1.29, 1.82) is 0 Å². The zero-order chi connectivity index (χ0) is 8.97. The van der Waals surface area contributed by atoms with Crippen molar-refractivity contribution >= 4 is 0 Å². The van der Waals surface area contributed by atoms with E-state index in [9.17, 15) is 8.78 Å². The Morgan fingerprint density at radius 1 is 1.42 bits per heavy atom. The molecule has 0 saturated carbocycles. The number of halogens is 2. The molecule has 0 atom stereocenters. The van der Waals surface area contributed by atoms with E-state index >= 15 is 0 Å². The third-order valence-electron chi connectivity index (χ3n) is 1.10. The van der Waals surface area contributed by atoms with Crippen molar-refractivity contribution in [2.75, 3.05) is 6.61 Å². The summed E-state index contributed by atoms with van der Waals surface area (Å²) in [6, 6.07) is 2.01. The standard InChI is InChI=1S/C8H7F2NO/c1-2-3-12-6-4-7(9)11-8(10)5-6/h2,4-5H,1,3H2. The van der Waals surface area contributed by atoms with E-state index in [1.54, 1.807) is 0 Å². The molecule has 12 heavy (non-hydrogen) atoms. The molecule has 0 spiro atoms. The van der Waals surface area contributed by atoms with E-state index in [1.165, 1.54) is 6.08 Å². The number of hydrogen-bond acceptors (Lipinski definition) is 2. The lowest BCUT2D eigenvalue weighted by atomic mass is 10.4. The van der Waals surface area contributed by atoms with Gasteiger partial charge in [-0.3, -0.25) is 0 Å². The Hall–Kier alpha value is -1.45. The van der Waals surface area contributed by atoms with E-state index in [1.807, 2.05) is 0 Å². The number of pyridine rings is 1. The molecule has 0 N–H and O–H groups in total. The number of hydrogen-bond donors (Lipinski definition) is 0. The zero-order valence-electron chi connectivity index (χ0n) is 6.26. The van der Waals surface area contributed by atoms with Crippen LogP contribution in [0.5, 0.6) is 5.75 Å². The van der Waals surface area contributed by atoms with Crippen molar-refractivity contribution in [3.8, 4) is 5.75 Å². The second-order valence-electron chi connectivity index (χ2n) is 2.05. The van der Waals surface area contributed by atoms with Crippen molar-refractivity contribution in [1.82, 2.24) is 4.98 Å². The number of aromatic nitrogens is 1. The van der Waals surface area contributed by atoms with Crippen LogP contribution in [-0.2, 0) is 0 Å². The van der Waals surface area contributed by atoms with Crippen LogP contribution in [-0.4, -0.2) is 11.6 Å². The van der Waals surface area contributed by atoms with Crippen molar-refractivity contribution < 1.29 is 13.5 Å². The summed E-state index contributed by atoms with van der Waals surface area (Å²) in [7, 11) is 0. The van der Waals surface area contributed by atoms with Gasteiger partial charge in [-0.05, 0) is 0 Å². The van der Waals surface area contributed by atoms with Crippen molar-refractivity contribution in [3.05, 3.63) is 36.7 Å². The van der Waals surface area contributed by atoms with Crippen molar-refractivity contribution in [3.63, 3.8) is 0 Å². The normalized spacial score (nSPS) is 9.50. The van der Waals surface area contributed by atoms with E-state index in [-0.39, 0.29) is 12.4 Å². The summed E-state index contributed by atoms with van der Waals surface area (Å²) in [5.74, 6) is -1.68. The lowest BCUT2D eigenvalue weighted by molar-refractivity contribution is 0.354. The topological polar surface area (TPSA) is 22.1 Å². The summed E-state index contributed by atoms with van der Waals surface area (Å²) < 4.78 is 29.7. The summed E-state index contributed by atoms with van der Waals surface area (Å²) in [5, 5.41) is 0. The van der Waals surface area contributed by atoms with Gasteiger partial charge in [0.1, 0.15) is 12.4 Å². The van der Waals surface area contributed by atoms with Crippen LogP contribution in [0.15, 0.2) is 24.8 Å². The molecule has 1 rings (SSSR count). The van der Waals surface area contributed by atoms with Crippen LogP contribution in [0.25, 0.3) is 0 Å². The number of ether oxygens (including phenoxy) is 1. The van der Waals surface area contributed by atoms with Gasteiger partial charge in [-0.15, -0.1) is 0 Å². The Balaban J connectivity index is 2.78. The second kappa shape index (κ2) is 3.80. The predicted octanol–water partition coefficient (Wildman–Crippen LogP) is 1.92. The Morgan fingerprint density at radius 3 is 2.50 bits per heavy atom. The monoisotopic (exact) mass is 171 g/mol. The average molecular weight is 171 g/mol. The van der Waals surface area contributed by atoms with Crippen LogP contribution in [0.2, 0.25) is 0 Å². The summed E-state index contributed by atoms with van der Waals surface area (Å²) in [6.45, 7) is 3.60. The molecule has 0 amide bonds. The van der Waals surface area contributed by atoms with Gasteiger partial charge < -0.3 is 4.74 Å². The molecule has 1 aromatic rings. The smallest absolute Gasteiger partial charge is 0.219 e. The van der Waals surface area contributed by atoms with Gasteiger partial charge in [0.15, 0.2) is 0 Å².